The molecule has 2 aromatic rings. The Morgan fingerprint density at radius 3 is 2.84 bits per heavy atom. The minimum Gasteiger partial charge on any atom is -0.494 e. The molecule has 6 heteroatoms. The van der Waals surface area contributed by atoms with Crippen LogP contribution in [0.3, 0.4) is 0 Å². The third kappa shape index (κ3) is 4.35. The first-order chi connectivity index (χ1) is 11.6. The molecular formula is C19H24ClFN2O2. The number of anilines is 1. The van der Waals surface area contributed by atoms with E-state index in [4.69, 9.17) is 9.47 Å². The molecule has 0 bridgehead atoms. The maximum absolute atomic E-state index is 13.5. The number of nitrogens with one attached hydrogen (secondary N) is 1. The van der Waals surface area contributed by atoms with Gasteiger partial charge in [0.1, 0.15) is 11.9 Å². The summed E-state index contributed by atoms with van der Waals surface area (Å²) in [6.45, 7) is 3.58. The molecule has 0 aromatic heterocycles. The van der Waals surface area contributed by atoms with E-state index in [-0.39, 0.29) is 36.1 Å². The van der Waals surface area contributed by atoms with Crippen molar-refractivity contribution < 1.29 is 13.9 Å². The van der Waals surface area contributed by atoms with Crippen LogP contribution in [-0.4, -0.2) is 33.4 Å². The smallest absolute Gasteiger partial charge is 0.165 e. The first kappa shape index (κ1) is 19.3. The Bertz CT molecular complexity index is 714. The molecule has 25 heavy (non-hydrogen) atoms. The van der Waals surface area contributed by atoms with Gasteiger partial charge in [0.2, 0.25) is 0 Å². The number of ether oxygens (including phenoxy) is 2. The van der Waals surface area contributed by atoms with Crippen molar-refractivity contribution in [2.75, 3.05) is 32.1 Å². The largest absolute Gasteiger partial charge is 0.494 e. The summed E-state index contributed by atoms with van der Waals surface area (Å²) in [4.78, 5) is 2.21. The highest BCUT2D eigenvalue weighted by atomic mass is 35.5. The topological polar surface area (TPSA) is 33.7 Å². The second-order valence-corrected chi connectivity index (χ2v) is 6.11. The Morgan fingerprint density at radius 1 is 1.32 bits per heavy atom. The molecule has 4 nitrogen and oxygen atoms in total. The van der Waals surface area contributed by atoms with E-state index < -0.39 is 0 Å². The Labute approximate surface area is 154 Å². The Kier molecular flexibility index (Phi) is 6.51. The number of halogens is 2. The van der Waals surface area contributed by atoms with Gasteiger partial charge in [0, 0.05) is 19.6 Å². The van der Waals surface area contributed by atoms with Crippen LogP contribution in [0.2, 0.25) is 0 Å². The summed E-state index contributed by atoms with van der Waals surface area (Å²) in [6, 6.07) is 13.1. The molecule has 0 radical (unpaired) electrons. The average Bonchev–Trinajstić information content (AvgIpc) is 2.60. The fourth-order valence-corrected chi connectivity index (χ4v) is 2.97. The number of methoxy groups -OCH3 is 1. The molecule has 0 fully saturated rings. The highest BCUT2D eigenvalue weighted by Crippen LogP contribution is 2.32. The molecule has 1 heterocycles. The van der Waals surface area contributed by atoms with E-state index in [0.29, 0.717) is 6.54 Å². The molecule has 3 rings (SSSR count). The van der Waals surface area contributed by atoms with Crippen LogP contribution in [0.5, 0.6) is 11.5 Å². The molecule has 1 aliphatic heterocycles. The van der Waals surface area contributed by atoms with E-state index in [1.165, 1.54) is 13.2 Å². The van der Waals surface area contributed by atoms with Crippen molar-refractivity contribution in [1.82, 2.24) is 5.32 Å². The van der Waals surface area contributed by atoms with Gasteiger partial charge in [0.15, 0.2) is 11.6 Å². The number of hydrogen-bond acceptors (Lipinski definition) is 4. The van der Waals surface area contributed by atoms with Gasteiger partial charge >= 0.3 is 0 Å². The lowest BCUT2D eigenvalue weighted by molar-refractivity contribution is 0.188. The third-order valence-electron chi connectivity index (χ3n) is 4.37. The van der Waals surface area contributed by atoms with E-state index in [2.05, 4.69) is 23.3 Å². The molecule has 2 atom stereocenters. The summed E-state index contributed by atoms with van der Waals surface area (Å²) in [6.07, 6.45) is 0.0645. The van der Waals surface area contributed by atoms with Gasteiger partial charge in [-0.05, 0) is 36.8 Å². The van der Waals surface area contributed by atoms with Gasteiger partial charge in [-0.25, -0.2) is 4.39 Å². The van der Waals surface area contributed by atoms with Crippen molar-refractivity contribution in [1.29, 1.82) is 0 Å². The number of likely N-dealkylation sites (N-methyl/N-ethyl adjacent to an activating group) is 1. The quantitative estimate of drug-likeness (QED) is 0.872. The van der Waals surface area contributed by atoms with E-state index in [1.54, 1.807) is 12.1 Å². The summed E-state index contributed by atoms with van der Waals surface area (Å²) in [7, 11) is 3.55. The molecule has 0 spiro atoms. The van der Waals surface area contributed by atoms with Gasteiger partial charge in [-0.15, -0.1) is 12.4 Å². The minimum absolute atomic E-state index is 0. The molecule has 0 saturated heterocycles. The van der Waals surface area contributed by atoms with Gasteiger partial charge in [0.05, 0.1) is 19.3 Å². The van der Waals surface area contributed by atoms with Gasteiger partial charge in [0.25, 0.3) is 0 Å². The zero-order valence-corrected chi connectivity index (χ0v) is 15.5. The Balaban J connectivity index is 0.00000225. The van der Waals surface area contributed by atoms with Gasteiger partial charge < -0.3 is 19.7 Å². The maximum atomic E-state index is 13.5. The van der Waals surface area contributed by atoms with Crippen molar-refractivity contribution >= 4 is 18.1 Å². The number of para-hydroxylation sites is 2. The lowest BCUT2D eigenvalue weighted by Gasteiger charge is -2.34. The predicted molar refractivity (Wildman–Crippen MR) is 101 cm³/mol. The number of benzene rings is 2. The monoisotopic (exact) mass is 366 g/mol. The number of rotatable bonds is 5. The summed E-state index contributed by atoms with van der Waals surface area (Å²) in [5, 5.41) is 3.46. The first-order valence-corrected chi connectivity index (χ1v) is 8.12. The number of hydrogen-bond donors (Lipinski definition) is 1. The van der Waals surface area contributed by atoms with E-state index in [1.807, 2.05) is 25.1 Å². The Morgan fingerprint density at radius 2 is 2.08 bits per heavy atom. The van der Waals surface area contributed by atoms with Crippen molar-refractivity contribution in [3.05, 3.63) is 53.8 Å². The second kappa shape index (κ2) is 8.41. The fraction of sp³-hybridized carbons (Fsp3) is 0.368. The molecule has 136 valence electrons. The van der Waals surface area contributed by atoms with Crippen LogP contribution >= 0.6 is 12.4 Å². The molecule has 0 saturated carbocycles. The summed E-state index contributed by atoms with van der Waals surface area (Å²) in [5.74, 6) is 0.833. The molecule has 1 aliphatic rings. The first-order valence-electron chi connectivity index (χ1n) is 8.12. The zero-order chi connectivity index (χ0) is 17.1. The van der Waals surface area contributed by atoms with Crippen LogP contribution < -0.4 is 19.7 Å². The highest BCUT2D eigenvalue weighted by Gasteiger charge is 2.23. The average molecular weight is 367 g/mol. The molecule has 2 aromatic carbocycles. The van der Waals surface area contributed by atoms with Crippen LogP contribution in [0, 0.1) is 5.82 Å². The van der Waals surface area contributed by atoms with Crippen LogP contribution in [0.15, 0.2) is 42.5 Å². The lowest BCUT2D eigenvalue weighted by atomic mass is 10.1. The molecule has 1 unspecified atom stereocenters. The lowest BCUT2D eigenvalue weighted by Crippen LogP contribution is -2.44. The summed E-state index contributed by atoms with van der Waals surface area (Å²) < 4.78 is 24.6. The molecule has 0 amide bonds. The maximum Gasteiger partial charge on any atom is 0.165 e. The minimum atomic E-state index is -0.345. The van der Waals surface area contributed by atoms with Crippen LogP contribution in [0.4, 0.5) is 10.1 Å². The van der Waals surface area contributed by atoms with Crippen molar-refractivity contribution in [3.8, 4) is 11.5 Å². The zero-order valence-electron chi connectivity index (χ0n) is 14.7. The van der Waals surface area contributed by atoms with Crippen molar-refractivity contribution in [3.63, 3.8) is 0 Å². The van der Waals surface area contributed by atoms with Crippen LogP contribution in [0.25, 0.3) is 0 Å². The number of fused-ring (bicyclic) bond motifs is 1. The second-order valence-electron chi connectivity index (χ2n) is 6.11. The van der Waals surface area contributed by atoms with E-state index in [0.717, 1.165) is 23.5 Å². The molecular weight excluding hydrogens is 343 g/mol. The SMILES string of the molecule is COc1cc([C@@H](C)NCC2CN(C)c3ccccc3O2)ccc1F.Cl. The third-order valence-corrected chi connectivity index (χ3v) is 4.37. The fourth-order valence-electron chi connectivity index (χ4n) is 2.97. The van der Waals surface area contributed by atoms with Crippen LogP contribution in [-0.2, 0) is 0 Å². The van der Waals surface area contributed by atoms with E-state index in [9.17, 15) is 4.39 Å². The van der Waals surface area contributed by atoms with E-state index >= 15 is 0 Å². The highest BCUT2D eigenvalue weighted by molar-refractivity contribution is 5.85. The van der Waals surface area contributed by atoms with Gasteiger partial charge in [-0.1, -0.05) is 18.2 Å². The normalized spacial score (nSPS) is 17.1. The number of nitrogens with zero attached hydrogens (tertiary/aromatic N) is 1. The van der Waals surface area contributed by atoms with Crippen molar-refractivity contribution in [2.24, 2.45) is 0 Å². The predicted octanol–water partition coefficient (Wildman–Crippen LogP) is 3.80. The molecule has 1 N–H and O–H groups in total. The summed E-state index contributed by atoms with van der Waals surface area (Å²) in [5.41, 5.74) is 2.10. The van der Waals surface area contributed by atoms with Crippen LogP contribution in [0.1, 0.15) is 18.5 Å². The summed E-state index contributed by atoms with van der Waals surface area (Å²) >= 11 is 0. The van der Waals surface area contributed by atoms with Gasteiger partial charge in [-0.2, -0.15) is 0 Å². The Hall–Kier alpha value is -1.98. The van der Waals surface area contributed by atoms with Gasteiger partial charge in [-0.3, -0.25) is 0 Å². The standard InChI is InChI=1S/C19H23FN2O2.ClH/c1-13(14-8-9-16(20)19(10-14)23-3)21-11-15-12-22(2)17-6-4-5-7-18(17)24-15;/h4-10,13,15,21H,11-12H2,1-3H3;1H/t13-,15?;/m1./s1. The van der Waals surface area contributed by atoms with Crippen molar-refractivity contribution in [2.45, 2.75) is 19.1 Å². The molecule has 0 aliphatic carbocycles.